The van der Waals surface area contributed by atoms with Crippen molar-refractivity contribution in [2.75, 3.05) is 43.5 Å². The number of ether oxygens (including phenoxy) is 2. The molecule has 11 nitrogen and oxygen atoms in total. The van der Waals surface area contributed by atoms with Crippen molar-refractivity contribution in [3.8, 4) is 17.1 Å². The third kappa shape index (κ3) is 4.05. The van der Waals surface area contributed by atoms with E-state index >= 15 is 0 Å². The van der Waals surface area contributed by atoms with Crippen LogP contribution in [0.1, 0.15) is 19.8 Å². The lowest BCUT2D eigenvalue weighted by atomic mass is 9.88. The molecule has 1 atom stereocenters. The molecule has 4 heterocycles. The summed E-state index contributed by atoms with van der Waals surface area (Å²) in [7, 11) is 0. The van der Waals surface area contributed by atoms with Gasteiger partial charge in [0, 0.05) is 62.5 Å². The molecule has 0 radical (unpaired) electrons. The van der Waals surface area contributed by atoms with Gasteiger partial charge in [-0.25, -0.2) is 19.7 Å². The Morgan fingerprint density at radius 3 is 2.71 bits per heavy atom. The Hall–Kier alpha value is -3.21. The second-order valence-corrected chi connectivity index (χ2v) is 8.13. The van der Waals surface area contributed by atoms with Crippen LogP contribution < -0.4 is 20.7 Å². The molecule has 5 rings (SSSR count). The molecule has 3 N–H and O–H groups in total. The number of carbonyl (C=O) groups is 1. The topological polar surface area (TPSA) is 132 Å². The van der Waals surface area contributed by atoms with E-state index in [0.29, 0.717) is 43.8 Å². The van der Waals surface area contributed by atoms with Gasteiger partial charge in [-0.3, -0.25) is 0 Å². The Morgan fingerprint density at radius 1 is 1.19 bits per heavy atom. The third-order valence-corrected chi connectivity index (χ3v) is 5.97. The maximum atomic E-state index is 11.9. The Morgan fingerprint density at radius 2 is 2.00 bits per heavy atom. The predicted octanol–water partition coefficient (Wildman–Crippen LogP) is 0.676. The van der Waals surface area contributed by atoms with E-state index in [1.807, 2.05) is 4.90 Å². The molecule has 3 aliphatic rings. The van der Waals surface area contributed by atoms with Gasteiger partial charge < -0.3 is 30.3 Å². The van der Waals surface area contributed by atoms with Gasteiger partial charge in [-0.15, -0.1) is 0 Å². The van der Waals surface area contributed by atoms with Gasteiger partial charge in [-0.2, -0.15) is 4.98 Å². The highest BCUT2D eigenvalue weighted by Crippen LogP contribution is 2.32. The fourth-order valence-electron chi connectivity index (χ4n) is 4.14. The number of aromatic nitrogens is 4. The van der Waals surface area contributed by atoms with Crippen LogP contribution in [-0.4, -0.2) is 81.9 Å². The molecule has 0 aromatic carbocycles. The number of hydrogen-bond donors (Lipinski definition) is 2. The van der Waals surface area contributed by atoms with Crippen molar-refractivity contribution in [3.05, 3.63) is 18.5 Å². The number of carbonyl (C=O) groups excluding carboxylic acids is 1. The highest BCUT2D eigenvalue weighted by atomic mass is 16.5. The zero-order valence-electron chi connectivity index (χ0n) is 17.4. The Bertz CT molecular complexity index is 950. The first-order chi connectivity index (χ1) is 15.1. The predicted molar refractivity (Wildman–Crippen MR) is 113 cm³/mol. The molecular weight excluding hydrogens is 400 g/mol. The molecule has 31 heavy (non-hydrogen) atoms. The Balaban J connectivity index is 1.37. The lowest BCUT2D eigenvalue weighted by molar-refractivity contribution is 0.0392. The number of urea groups is 1. The molecule has 0 spiro atoms. The molecular formula is C20H26N8O3. The molecule has 1 aliphatic carbocycles. The van der Waals surface area contributed by atoms with Crippen LogP contribution in [0.25, 0.3) is 11.3 Å². The summed E-state index contributed by atoms with van der Waals surface area (Å²) in [4.78, 5) is 33.5. The van der Waals surface area contributed by atoms with Crippen molar-refractivity contribution < 1.29 is 14.3 Å². The smallest absolute Gasteiger partial charge is 0.317 e. The molecule has 2 saturated heterocycles. The Labute approximate surface area is 180 Å². The number of nitrogens with zero attached hydrogens (tertiary/aromatic N) is 6. The second kappa shape index (κ2) is 8.14. The van der Waals surface area contributed by atoms with Gasteiger partial charge in [0.05, 0.1) is 24.9 Å². The number of anilines is 2. The van der Waals surface area contributed by atoms with Crippen LogP contribution in [0.3, 0.4) is 0 Å². The van der Waals surface area contributed by atoms with Crippen LogP contribution in [0.2, 0.25) is 0 Å². The first-order valence-electron chi connectivity index (χ1n) is 10.6. The maximum Gasteiger partial charge on any atom is 0.317 e. The molecule has 11 heteroatoms. The van der Waals surface area contributed by atoms with Gasteiger partial charge in [0.2, 0.25) is 17.8 Å². The highest BCUT2D eigenvalue weighted by Gasteiger charge is 2.39. The van der Waals surface area contributed by atoms with E-state index in [-0.39, 0.29) is 30.2 Å². The molecule has 3 fully saturated rings. The van der Waals surface area contributed by atoms with Crippen LogP contribution in [0.4, 0.5) is 16.7 Å². The van der Waals surface area contributed by atoms with Crippen molar-refractivity contribution in [2.45, 2.75) is 38.0 Å². The van der Waals surface area contributed by atoms with E-state index in [2.05, 4.69) is 32.1 Å². The zero-order valence-corrected chi connectivity index (χ0v) is 17.4. The summed E-state index contributed by atoms with van der Waals surface area (Å²) in [5.41, 5.74) is 7.05. The van der Waals surface area contributed by atoms with Crippen LogP contribution in [0.15, 0.2) is 18.5 Å². The number of amides is 2. The summed E-state index contributed by atoms with van der Waals surface area (Å²) < 4.78 is 11.7. The highest BCUT2D eigenvalue weighted by molar-refractivity contribution is 5.76. The van der Waals surface area contributed by atoms with Crippen LogP contribution in [0, 0.1) is 0 Å². The van der Waals surface area contributed by atoms with E-state index in [0.717, 1.165) is 24.9 Å². The second-order valence-electron chi connectivity index (χ2n) is 8.13. The van der Waals surface area contributed by atoms with Crippen LogP contribution >= 0.6 is 0 Å². The minimum absolute atomic E-state index is 0.0128. The monoisotopic (exact) mass is 426 g/mol. The first kappa shape index (κ1) is 19.7. The molecule has 164 valence electrons. The van der Waals surface area contributed by atoms with Crippen LogP contribution in [-0.2, 0) is 4.74 Å². The zero-order chi connectivity index (χ0) is 21.4. The lowest BCUT2D eigenvalue weighted by Crippen LogP contribution is -2.50. The maximum absolute atomic E-state index is 11.9. The van der Waals surface area contributed by atoms with Gasteiger partial charge >= 0.3 is 6.03 Å². The number of hydrogen-bond acceptors (Lipinski definition) is 9. The molecule has 1 saturated carbocycles. The van der Waals surface area contributed by atoms with Crippen molar-refractivity contribution in [2.24, 2.45) is 0 Å². The third-order valence-electron chi connectivity index (χ3n) is 5.97. The number of nitrogens with two attached hydrogens (primary N) is 1. The minimum atomic E-state index is 0.0128. The molecule has 2 aromatic heterocycles. The fraction of sp³-hybridized carbons (Fsp3) is 0.550. The minimum Gasteiger partial charge on any atom is -0.474 e. The summed E-state index contributed by atoms with van der Waals surface area (Å²) in [6.45, 7) is 5.50. The normalized spacial score (nSPS) is 25.8. The fourth-order valence-corrected chi connectivity index (χ4v) is 4.14. The van der Waals surface area contributed by atoms with E-state index in [1.165, 1.54) is 0 Å². The molecule has 2 aliphatic heterocycles. The van der Waals surface area contributed by atoms with Gasteiger partial charge in [0.15, 0.2) is 0 Å². The van der Waals surface area contributed by atoms with Gasteiger partial charge in [0.1, 0.15) is 6.10 Å². The van der Waals surface area contributed by atoms with Crippen LogP contribution in [0.5, 0.6) is 5.88 Å². The summed E-state index contributed by atoms with van der Waals surface area (Å²) in [6.07, 6.45) is 4.89. The number of rotatable bonds is 5. The van der Waals surface area contributed by atoms with Gasteiger partial charge in [-0.1, -0.05) is 0 Å². The van der Waals surface area contributed by atoms with E-state index in [9.17, 15) is 4.79 Å². The van der Waals surface area contributed by atoms with Crippen molar-refractivity contribution >= 4 is 17.9 Å². The van der Waals surface area contributed by atoms with Crippen molar-refractivity contribution in [1.82, 2.24) is 30.2 Å². The van der Waals surface area contributed by atoms with Crippen molar-refractivity contribution in [3.63, 3.8) is 0 Å². The largest absolute Gasteiger partial charge is 0.474 e. The van der Waals surface area contributed by atoms with E-state index in [4.69, 9.17) is 20.2 Å². The molecule has 2 amide bonds. The standard InChI is InChI=1S/C20H26N8O3/c1-12-11-30-5-4-27(12)19-25-16(13-9-23-18(21)24-10-13)8-17(26-19)31-15-6-14(7-15)28-3-2-22-20(28)29/h8-10,12,14-15H,2-7,11H2,1H3,(H,22,29)(H2,21,23,24)/t12-,14?,15?/m0/s1. The quantitative estimate of drug-likeness (QED) is 0.708. The number of nitrogens with one attached hydrogen (secondary N) is 1. The van der Waals surface area contributed by atoms with Gasteiger partial charge in [-0.05, 0) is 6.92 Å². The summed E-state index contributed by atoms with van der Waals surface area (Å²) in [5, 5.41) is 2.85. The number of morpholine rings is 1. The summed E-state index contributed by atoms with van der Waals surface area (Å²) >= 11 is 0. The SMILES string of the molecule is C[C@H]1COCCN1c1nc(OC2CC(N3CCNC3=O)C2)cc(-c2cnc(N)nc2)n1. The van der Waals surface area contributed by atoms with E-state index in [1.54, 1.807) is 18.5 Å². The molecule has 0 bridgehead atoms. The van der Waals surface area contributed by atoms with E-state index < -0.39 is 0 Å². The average Bonchev–Trinajstić information content (AvgIpc) is 3.16. The Kier molecular flexibility index (Phi) is 5.18. The average molecular weight is 426 g/mol. The summed E-state index contributed by atoms with van der Waals surface area (Å²) in [6, 6.07) is 2.19. The van der Waals surface area contributed by atoms with Gasteiger partial charge in [0.25, 0.3) is 0 Å². The number of nitrogen functional groups attached to an aromatic ring is 1. The molecule has 0 unspecified atom stereocenters. The first-order valence-corrected chi connectivity index (χ1v) is 10.6. The molecule has 2 aromatic rings. The summed E-state index contributed by atoms with van der Waals surface area (Å²) in [5.74, 6) is 1.31. The lowest BCUT2D eigenvalue weighted by Gasteiger charge is -2.40. The van der Waals surface area contributed by atoms with Crippen molar-refractivity contribution in [1.29, 1.82) is 0 Å².